The Balaban J connectivity index is 2.61. The van der Waals surface area contributed by atoms with Gasteiger partial charge in [0, 0.05) is 6.54 Å². The summed E-state index contributed by atoms with van der Waals surface area (Å²) in [5, 5.41) is 11.6. The summed E-state index contributed by atoms with van der Waals surface area (Å²) in [7, 11) is -3.30. The molecule has 0 aliphatic carbocycles. The molecule has 0 heterocycles. The lowest BCUT2D eigenvalue weighted by atomic mass is 10.0. The van der Waals surface area contributed by atoms with Gasteiger partial charge in [0.1, 0.15) is 0 Å². The number of benzene rings is 1. The van der Waals surface area contributed by atoms with Gasteiger partial charge in [0.15, 0.2) is 9.84 Å². The van der Waals surface area contributed by atoms with Crippen LogP contribution in [-0.2, 0) is 21.1 Å². The molecule has 122 valence electrons. The Kier molecular flexibility index (Phi) is 5.71. The van der Waals surface area contributed by atoms with Crippen molar-refractivity contribution in [3.05, 3.63) is 35.4 Å². The highest BCUT2D eigenvalue weighted by Gasteiger charge is 2.28. The van der Waals surface area contributed by atoms with E-state index in [9.17, 15) is 18.0 Å². The van der Waals surface area contributed by atoms with E-state index in [1.54, 1.807) is 39.0 Å². The Morgan fingerprint density at radius 3 is 2.32 bits per heavy atom. The number of aromatic carboxylic acids is 1. The summed E-state index contributed by atoms with van der Waals surface area (Å²) in [6.45, 7) is 4.82. The lowest BCUT2D eigenvalue weighted by Gasteiger charge is -2.19. The summed E-state index contributed by atoms with van der Waals surface area (Å²) in [5.41, 5.74) is 0.464. The van der Waals surface area contributed by atoms with Crippen LogP contribution in [0.4, 0.5) is 0 Å². The van der Waals surface area contributed by atoms with E-state index in [2.05, 4.69) is 5.32 Å². The maximum absolute atomic E-state index is 11.9. The molecule has 0 saturated heterocycles. The molecule has 0 fully saturated rings. The van der Waals surface area contributed by atoms with Crippen LogP contribution >= 0.6 is 0 Å². The van der Waals surface area contributed by atoms with E-state index in [-0.39, 0.29) is 24.3 Å². The molecule has 0 aromatic heterocycles. The first-order chi connectivity index (χ1) is 10.0. The monoisotopic (exact) mass is 327 g/mol. The molecule has 6 nitrogen and oxygen atoms in total. The number of rotatable bonds is 6. The van der Waals surface area contributed by atoms with Gasteiger partial charge in [-0.15, -0.1) is 0 Å². The smallest absolute Gasteiger partial charge is 0.335 e. The zero-order valence-corrected chi connectivity index (χ0v) is 13.7. The van der Waals surface area contributed by atoms with Crippen molar-refractivity contribution in [3.8, 4) is 0 Å². The van der Waals surface area contributed by atoms with Crippen molar-refractivity contribution in [2.75, 3.05) is 12.3 Å². The maximum Gasteiger partial charge on any atom is 0.335 e. The number of carboxylic acid groups (broad SMARTS) is 1. The van der Waals surface area contributed by atoms with Crippen molar-refractivity contribution in [2.24, 2.45) is 0 Å². The van der Waals surface area contributed by atoms with Crippen LogP contribution in [0.25, 0.3) is 0 Å². The van der Waals surface area contributed by atoms with E-state index in [1.807, 2.05) is 0 Å². The minimum atomic E-state index is -3.30. The van der Waals surface area contributed by atoms with Gasteiger partial charge in [-0.25, -0.2) is 13.2 Å². The second-order valence-electron chi connectivity index (χ2n) is 5.92. The Labute approximate surface area is 130 Å². The molecular formula is C15H21NO5S. The lowest BCUT2D eigenvalue weighted by molar-refractivity contribution is -0.120. The zero-order chi connectivity index (χ0) is 17.0. The van der Waals surface area contributed by atoms with Crippen LogP contribution < -0.4 is 5.32 Å². The SMILES string of the molecule is CC(C)(C)S(=O)(=O)CCNC(=O)Cc1ccccc1C(=O)O. The molecule has 0 spiro atoms. The molecule has 0 aliphatic rings. The van der Waals surface area contributed by atoms with Gasteiger partial charge in [-0.3, -0.25) is 4.79 Å². The van der Waals surface area contributed by atoms with E-state index in [0.717, 1.165) is 0 Å². The number of carboxylic acids is 1. The summed E-state index contributed by atoms with van der Waals surface area (Å²) in [4.78, 5) is 22.9. The predicted molar refractivity (Wildman–Crippen MR) is 83.7 cm³/mol. The zero-order valence-electron chi connectivity index (χ0n) is 12.9. The summed E-state index contributed by atoms with van der Waals surface area (Å²) < 4.78 is 22.9. The van der Waals surface area contributed by atoms with Crippen molar-refractivity contribution in [1.29, 1.82) is 0 Å². The van der Waals surface area contributed by atoms with Crippen LogP contribution in [0.5, 0.6) is 0 Å². The molecule has 2 N–H and O–H groups in total. The van der Waals surface area contributed by atoms with Crippen molar-refractivity contribution in [1.82, 2.24) is 5.32 Å². The molecule has 1 aromatic rings. The van der Waals surface area contributed by atoms with Crippen LogP contribution in [0.1, 0.15) is 36.7 Å². The third-order valence-corrected chi connectivity index (χ3v) is 5.83. The van der Waals surface area contributed by atoms with Crippen LogP contribution in [0.3, 0.4) is 0 Å². The standard InChI is InChI=1S/C15H21NO5S/c1-15(2,3)22(20,21)9-8-16-13(17)10-11-6-4-5-7-12(11)14(18)19/h4-7H,8-10H2,1-3H3,(H,16,17)(H,18,19). The Morgan fingerprint density at radius 2 is 1.77 bits per heavy atom. The average Bonchev–Trinajstić information content (AvgIpc) is 2.37. The fourth-order valence-electron chi connectivity index (χ4n) is 1.75. The van der Waals surface area contributed by atoms with E-state index in [1.165, 1.54) is 6.07 Å². The quantitative estimate of drug-likeness (QED) is 0.819. The number of amides is 1. The van der Waals surface area contributed by atoms with Gasteiger partial charge in [0.05, 0.1) is 22.5 Å². The van der Waals surface area contributed by atoms with E-state index >= 15 is 0 Å². The van der Waals surface area contributed by atoms with Crippen molar-refractivity contribution >= 4 is 21.7 Å². The Bertz CT molecular complexity index is 659. The fourth-order valence-corrected chi connectivity index (χ4v) is 2.73. The highest BCUT2D eigenvalue weighted by atomic mass is 32.2. The lowest BCUT2D eigenvalue weighted by Crippen LogP contribution is -2.37. The molecule has 1 amide bonds. The minimum absolute atomic E-state index is 0.00761. The first-order valence-corrected chi connectivity index (χ1v) is 8.50. The van der Waals surface area contributed by atoms with Crippen molar-refractivity contribution in [2.45, 2.75) is 31.9 Å². The average molecular weight is 327 g/mol. The number of sulfone groups is 1. The molecule has 0 bridgehead atoms. The molecular weight excluding hydrogens is 306 g/mol. The van der Waals surface area contributed by atoms with Gasteiger partial charge in [-0.1, -0.05) is 18.2 Å². The normalized spacial score (nSPS) is 12.0. The third-order valence-electron chi connectivity index (χ3n) is 3.22. The topological polar surface area (TPSA) is 101 Å². The van der Waals surface area contributed by atoms with Gasteiger partial charge < -0.3 is 10.4 Å². The largest absolute Gasteiger partial charge is 0.478 e. The number of carbonyl (C=O) groups excluding carboxylic acids is 1. The van der Waals surface area contributed by atoms with Crippen LogP contribution in [0, 0.1) is 0 Å². The number of hydrogen-bond acceptors (Lipinski definition) is 4. The third kappa shape index (κ3) is 4.84. The van der Waals surface area contributed by atoms with Gasteiger partial charge in [0.25, 0.3) is 0 Å². The first-order valence-electron chi connectivity index (χ1n) is 6.85. The molecule has 7 heteroatoms. The summed E-state index contributed by atoms with van der Waals surface area (Å²) in [5.74, 6) is -1.65. The number of carbonyl (C=O) groups is 2. The molecule has 22 heavy (non-hydrogen) atoms. The van der Waals surface area contributed by atoms with E-state index < -0.39 is 26.5 Å². The molecule has 0 unspecified atom stereocenters. The highest BCUT2D eigenvalue weighted by Crippen LogP contribution is 2.15. The van der Waals surface area contributed by atoms with Crippen molar-refractivity contribution in [3.63, 3.8) is 0 Å². The van der Waals surface area contributed by atoms with Gasteiger partial charge in [0.2, 0.25) is 5.91 Å². The predicted octanol–water partition coefficient (Wildman–Crippen LogP) is 1.26. The number of hydrogen-bond donors (Lipinski definition) is 2. The minimum Gasteiger partial charge on any atom is -0.478 e. The second kappa shape index (κ2) is 6.91. The van der Waals surface area contributed by atoms with Crippen molar-refractivity contribution < 1.29 is 23.1 Å². The molecule has 0 saturated carbocycles. The van der Waals surface area contributed by atoms with Crippen LogP contribution in [0.15, 0.2) is 24.3 Å². The first kappa shape index (κ1) is 18.2. The molecule has 1 rings (SSSR count). The van der Waals surface area contributed by atoms with Gasteiger partial charge >= 0.3 is 5.97 Å². The number of nitrogens with one attached hydrogen (secondary N) is 1. The maximum atomic E-state index is 11.9. The Morgan fingerprint density at radius 1 is 1.18 bits per heavy atom. The fraction of sp³-hybridized carbons (Fsp3) is 0.467. The highest BCUT2D eigenvalue weighted by molar-refractivity contribution is 7.92. The van der Waals surface area contributed by atoms with E-state index in [4.69, 9.17) is 5.11 Å². The van der Waals surface area contributed by atoms with E-state index in [0.29, 0.717) is 5.56 Å². The molecule has 0 atom stereocenters. The van der Waals surface area contributed by atoms with Crippen LogP contribution in [-0.4, -0.2) is 42.4 Å². The van der Waals surface area contributed by atoms with Crippen LogP contribution in [0.2, 0.25) is 0 Å². The summed E-state index contributed by atoms with van der Waals surface area (Å²) in [6, 6.07) is 6.23. The molecule has 1 aromatic carbocycles. The second-order valence-corrected chi connectivity index (χ2v) is 8.78. The summed E-state index contributed by atoms with van der Waals surface area (Å²) in [6.07, 6.45) is -0.0992. The van der Waals surface area contributed by atoms with Gasteiger partial charge in [-0.2, -0.15) is 0 Å². The summed E-state index contributed by atoms with van der Waals surface area (Å²) >= 11 is 0. The Hall–Kier alpha value is -1.89. The van der Waals surface area contributed by atoms with Gasteiger partial charge in [-0.05, 0) is 32.4 Å². The molecule has 0 aliphatic heterocycles. The molecule has 0 radical (unpaired) electrons.